The molecule has 0 bridgehead atoms. The molecule has 0 radical (unpaired) electrons. The van der Waals surface area contributed by atoms with Gasteiger partial charge in [0.25, 0.3) is 0 Å². The van der Waals surface area contributed by atoms with Crippen LogP contribution in [0.15, 0.2) is 61.1 Å². The third kappa shape index (κ3) is 3.23. The molecule has 3 rings (SSSR count). The van der Waals surface area contributed by atoms with Crippen molar-refractivity contribution in [1.82, 2.24) is 15.3 Å². The highest BCUT2D eigenvalue weighted by molar-refractivity contribution is 5.87. The average Bonchev–Trinajstić information content (AvgIpc) is 2.59. The molecule has 2 aromatic heterocycles. The number of hydrogen-bond donors (Lipinski definition) is 1. The maximum absolute atomic E-state index is 6.27. The number of ether oxygens (including phenoxy) is 1. The third-order valence-corrected chi connectivity index (χ3v) is 3.59. The zero-order valence-electron chi connectivity index (χ0n) is 12.6. The molecular weight excluding hydrogens is 274 g/mol. The maximum Gasteiger partial charge on any atom is 0.142 e. The van der Waals surface area contributed by atoms with E-state index in [2.05, 4.69) is 21.4 Å². The standard InChI is InChI=1S/C18H19N3O/c1-19-11-9-18(16-6-2-3-10-21-16)22-17-7-4-5-14-8-12-20-13-15(14)17/h2-8,10,12-13,18-19H,9,11H2,1H3. The van der Waals surface area contributed by atoms with E-state index in [0.29, 0.717) is 0 Å². The monoisotopic (exact) mass is 293 g/mol. The molecule has 0 saturated carbocycles. The number of fused-ring (bicyclic) bond motifs is 1. The predicted molar refractivity (Wildman–Crippen MR) is 87.9 cm³/mol. The van der Waals surface area contributed by atoms with Gasteiger partial charge in [0.1, 0.15) is 11.9 Å². The topological polar surface area (TPSA) is 47.0 Å². The third-order valence-electron chi connectivity index (χ3n) is 3.59. The highest BCUT2D eigenvalue weighted by Gasteiger charge is 2.15. The Hall–Kier alpha value is -2.46. The van der Waals surface area contributed by atoms with Crippen LogP contribution in [0, 0.1) is 0 Å². The van der Waals surface area contributed by atoms with E-state index in [1.807, 2.05) is 49.6 Å². The summed E-state index contributed by atoms with van der Waals surface area (Å²) in [6, 6.07) is 14.0. The lowest BCUT2D eigenvalue weighted by Crippen LogP contribution is -2.17. The highest BCUT2D eigenvalue weighted by Crippen LogP contribution is 2.29. The van der Waals surface area contributed by atoms with Crippen LogP contribution in [0.1, 0.15) is 18.2 Å². The predicted octanol–water partition coefficient (Wildman–Crippen LogP) is 3.36. The summed E-state index contributed by atoms with van der Waals surface area (Å²) in [5.41, 5.74) is 0.943. The molecular formula is C18H19N3O. The molecule has 4 nitrogen and oxygen atoms in total. The fraction of sp³-hybridized carbons (Fsp3) is 0.222. The Balaban J connectivity index is 1.92. The van der Waals surface area contributed by atoms with Gasteiger partial charge in [-0.3, -0.25) is 9.97 Å². The molecule has 0 amide bonds. The van der Waals surface area contributed by atoms with Crippen LogP contribution in [-0.2, 0) is 0 Å². The van der Waals surface area contributed by atoms with Gasteiger partial charge in [0.2, 0.25) is 0 Å². The molecule has 0 spiro atoms. The Labute approximate surface area is 130 Å². The molecule has 3 aromatic rings. The quantitative estimate of drug-likeness (QED) is 0.757. The van der Waals surface area contributed by atoms with Crippen molar-refractivity contribution in [3.8, 4) is 5.75 Å². The molecule has 1 atom stereocenters. The van der Waals surface area contributed by atoms with Gasteiger partial charge in [0.15, 0.2) is 0 Å². The summed E-state index contributed by atoms with van der Waals surface area (Å²) in [5.74, 6) is 0.845. The van der Waals surface area contributed by atoms with Gasteiger partial charge < -0.3 is 10.1 Å². The van der Waals surface area contributed by atoms with Crippen molar-refractivity contribution in [2.24, 2.45) is 0 Å². The number of nitrogens with one attached hydrogen (secondary N) is 1. The molecule has 0 saturated heterocycles. The SMILES string of the molecule is CNCCC(Oc1cccc2ccncc12)c1ccccn1. The fourth-order valence-electron chi connectivity index (χ4n) is 2.45. The Bertz CT molecular complexity index is 725. The Morgan fingerprint density at radius 3 is 2.86 bits per heavy atom. The molecule has 4 heteroatoms. The van der Waals surface area contributed by atoms with Crippen molar-refractivity contribution < 1.29 is 4.74 Å². The summed E-state index contributed by atoms with van der Waals surface area (Å²) in [7, 11) is 1.94. The molecule has 0 fully saturated rings. The van der Waals surface area contributed by atoms with Crippen LogP contribution >= 0.6 is 0 Å². The number of pyridine rings is 2. The van der Waals surface area contributed by atoms with Crippen molar-refractivity contribution in [1.29, 1.82) is 0 Å². The summed E-state index contributed by atoms with van der Waals surface area (Å²) < 4.78 is 6.27. The number of rotatable bonds is 6. The van der Waals surface area contributed by atoms with Crippen LogP contribution in [0.3, 0.4) is 0 Å². The van der Waals surface area contributed by atoms with Gasteiger partial charge in [-0.05, 0) is 43.2 Å². The normalized spacial score (nSPS) is 12.2. The summed E-state index contributed by atoms with van der Waals surface area (Å²) in [5, 5.41) is 5.32. The van der Waals surface area contributed by atoms with E-state index >= 15 is 0 Å². The molecule has 1 aromatic carbocycles. The summed E-state index contributed by atoms with van der Waals surface area (Å²) in [6.45, 7) is 0.865. The van der Waals surface area contributed by atoms with Crippen LogP contribution in [0.2, 0.25) is 0 Å². The number of hydrogen-bond acceptors (Lipinski definition) is 4. The Morgan fingerprint density at radius 1 is 1.09 bits per heavy atom. The van der Waals surface area contributed by atoms with E-state index in [-0.39, 0.29) is 6.10 Å². The largest absolute Gasteiger partial charge is 0.483 e. The van der Waals surface area contributed by atoms with Crippen LogP contribution in [0.4, 0.5) is 0 Å². The van der Waals surface area contributed by atoms with Gasteiger partial charge in [-0.1, -0.05) is 18.2 Å². The molecule has 1 N–H and O–H groups in total. The number of benzene rings is 1. The summed E-state index contributed by atoms with van der Waals surface area (Å²) in [4.78, 5) is 8.65. The second kappa shape index (κ2) is 7.00. The van der Waals surface area contributed by atoms with Crippen LogP contribution < -0.4 is 10.1 Å². The van der Waals surface area contributed by atoms with E-state index in [1.165, 1.54) is 0 Å². The van der Waals surface area contributed by atoms with E-state index < -0.39 is 0 Å². The van der Waals surface area contributed by atoms with Gasteiger partial charge in [-0.2, -0.15) is 0 Å². The van der Waals surface area contributed by atoms with Gasteiger partial charge in [0, 0.05) is 30.4 Å². The minimum atomic E-state index is -0.0838. The number of aromatic nitrogens is 2. The summed E-state index contributed by atoms with van der Waals surface area (Å²) in [6.07, 6.45) is 6.21. The van der Waals surface area contributed by atoms with Crippen molar-refractivity contribution in [3.63, 3.8) is 0 Å². The first-order valence-corrected chi connectivity index (χ1v) is 7.43. The van der Waals surface area contributed by atoms with E-state index in [9.17, 15) is 0 Å². The first kappa shape index (κ1) is 14.5. The van der Waals surface area contributed by atoms with Crippen LogP contribution in [0.5, 0.6) is 5.75 Å². The van der Waals surface area contributed by atoms with Crippen LogP contribution in [-0.4, -0.2) is 23.6 Å². The molecule has 1 unspecified atom stereocenters. The Morgan fingerprint density at radius 2 is 2.05 bits per heavy atom. The second-order valence-corrected chi connectivity index (χ2v) is 5.11. The highest BCUT2D eigenvalue weighted by atomic mass is 16.5. The van der Waals surface area contributed by atoms with E-state index in [0.717, 1.165) is 35.2 Å². The van der Waals surface area contributed by atoms with Crippen molar-refractivity contribution >= 4 is 10.8 Å². The van der Waals surface area contributed by atoms with Gasteiger partial charge >= 0.3 is 0 Å². The lowest BCUT2D eigenvalue weighted by Gasteiger charge is -2.19. The minimum Gasteiger partial charge on any atom is -0.483 e. The first-order chi connectivity index (χ1) is 10.9. The molecule has 22 heavy (non-hydrogen) atoms. The van der Waals surface area contributed by atoms with E-state index in [1.54, 1.807) is 12.4 Å². The Kier molecular flexibility index (Phi) is 4.61. The lowest BCUT2D eigenvalue weighted by molar-refractivity contribution is 0.193. The minimum absolute atomic E-state index is 0.0838. The first-order valence-electron chi connectivity index (χ1n) is 7.43. The maximum atomic E-state index is 6.27. The number of nitrogens with zero attached hydrogens (tertiary/aromatic N) is 2. The zero-order chi connectivity index (χ0) is 15.2. The fourth-order valence-corrected chi connectivity index (χ4v) is 2.45. The summed E-state index contributed by atoms with van der Waals surface area (Å²) >= 11 is 0. The van der Waals surface area contributed by atoms with Gasteiger partial charge in [-0.15, -0.1) is 0 Å². The molecule has 0 aliphatic carbocycles. The second-order valence-electron chi connectivity index (χ2n) is 5.11. The molecule has 0 aliphatic rings. The van der Waals surface area contributed by atoms with Crippen LogP contribution in [0.25, 0.3) is 10.8 Å². The van der Waals surface area contributed by atoms with E-state index in [4.69, 9.17) is 4.74 Å². The van der Waals surface area contributed by atoms with Gasteiger partial charge in [0.05, 0.1) is 5.69 Å². The smallest absolute Gasteiger partial charge is 0.142 e. The molecule has 0 aliphatic heterocycles. The average molecular weight is 293 g/mol. The van der Waals surface area contributed by atoms with Crippen molar-refractivity contribution in [3.05, 3.63) is 66.7 Å². The van der Waals surface area contributed by atoms with Crippen molar-refractivity contribution in [2.75, 3.05) is 13.6 Å². The molecule has 112 valence electrons. The lowest BCUT2D eigenvalue weighted by atomic mass is 10.1. The van der Waals surface area contributed by atoms with Crippen molar-refractivity contribution in [2.45, 2.75) is 12.5 Å². The van der Waals surface area contributed by atoms with Gasteiger partial charge in [-0.25, -0.2) is 0 Å². The zero-order valence-corrected chi connectivity index (χ0v) is 12.6. The molecule has 2 heterocycles.